The van der Waals surface area contributed by atoms with Crippen LogP contribution in [0.1, 0.15) is 59.3 Å². The van der Waals surface area contributed by atoms with Gasteiger partial charge in [0.05, 0.1) is 0 Å². The Morgan fingerprint density at radius 3 is 2.35 bits per heavy atom. The SMILES string of the molecule is CC(C)(C)CCC(=O)N(CCN)C1CCCC1. The van der Waals surface area contributed by atoms with Crippen molar-refractivity contribution in [1.82, 2.24) is 4.90 Å². The van der Waals surface area contributed by atoms with Gasteiger partial charge in [-0.15, -0.1) is 0 Å². The smallest absolute Gasteiger partial charge is 0.222 e. The molecule has 3 heteroatoms. The zero-order chi connectivity index (χ0) is 12.9. The lowest BCUT2D eigenvalue weighted by Crippen LogP contribution is -2.42. The molecule has 1 aliphatic carbocycles. The lowest BCUT2D eigenvalue weighted by Gasteiger charge is -2.30. The van der Waals surface area contributed by atoms with Crippen LogP contribution in [0.5, 0.6) is 0 Å². The number of hydrogen-bond donors (Lipinski definition) is 1. The maximum atomic E-state index is 12.2. The van der Waals surface area contributed by atoms with Crippen LogP contribution in [0, 0.1) is 5.41 Å². The molecular formula is C14H28N2O. The molecule has 1 amide bonds. The molecule has 2 N–H and O–H groups in total. The van der Waals surface area contributed by atoms with Crippen molar-refractivity contribution in [3.05, 3.63) is 0 Å². The fourth-order valence-corrected chi connectivity index (χ4v) is 2.49. The van der Waals surface area contributed by atoms with Crippen LogP contribution in [0.15, 0.2) is 0 Å². The quantitative estimate of drug-likeness (QED) is 0.802. The fourth-order valence-electron chi connectivity index (χ4n) is 2.49. The summed E-state index contributed by atoms with van der Waals surface area (Å²) in [7, 11) is 0. The lowest BCUT2D eigenvalue weighted by molar-refractivity contribution is -0.133. The molecular weight excluding hydrogens is 212 g/mol. The van der Waals surface area contributed by atoms with E-state index < -0.39 is 0 Å². The van der Waals surface area contributed by atoms with Gasteiger partial charge in [-0.25, -0.2) is 0 Å². The minimum atomic E-state index is 0.236. The third kappa shape index (κ3) is 5.07. The zero-order valence-electron chi connectivity index (χ0n) is 11.7. The highest BCUT2D eigenvalue weighted by Crippen LogP contribution is 2.26. The van der Waals surface area contributed by atoms with Gasteiger partial charge in [0, 0.05) is 25.6 Å². The van der Waals surface area contributed by atoms with Gasteiger partial charge < -0.3 is 10.6 Å². The third-order valence-corrected chi connectivity index (χ3v) is 3.54. The van der Waals surface area contributed by atoms with E-state index in [0.29, 0.717) is 24.9 Å². The highest BCUT2D eigenvalue weighted by atomic mass is 16.2. The van der Waals surface area contributed by atoms with E-state index in [1.165, 1.54) is 25.7 Å². The Morgan fingerprint density at radius 2 is 1.88 bits per heavy atom. The average molecular weight is 240 g/mol. The van der Waals surface area contributed by atoms with Crippen molar-refractivity contribution in [2.24, 2.45) is 11.1 Å². The van der Waals surface area contributed by atoms with Gasteiger partial charge in [0.15, 0.2) is 0 Å². The van der Waals surface area contributed by atoms with Crippen LogP contribution in [0.25, 0.3) is 0 Å². The molecule has 1 rings (SSSR count). The van der Waals surface area contributed by atoms with Gasteiger partial charge in [0.25, 0.3) is 0 Å². The molecule has 0 heterocycles. The standard InChI is InChI=1S/C14H28N2O/c1-14(2,3)9-8-13(17)16(11-10-15)12-6-4-5-7-12/h12H,4-11,15H2,1-3H3. The predicted molar refractivity (Wildman–Crippen MR) is 71.7 cm³/mol. The highest BCUT2D eigenvalue weighted by Gasteiger charge is 2.26. The Hall–Kier alpha value is -0.570. The van der Waals surface area contributed by atoms with Crippen molar-refractivity contribution in [1.29, 1.82) is 0 Å². The summed E-state index contributed by atoms with van der Waals surface area (Å²) < 4.78 is 0. The second kappa shape index (κ2) is 6.39. The van der Waals surface area contributed by atoms with E-state index in [0.717, 1.165) is 13.0 Å². The third-order valence-electron chi connectivity index (χ3n) is 3.54. The largest absolute Gasteiger partial charge is 0.338 e. The summed E-state index contributed by atoms with van der Waals surface area (Å²) in [6.07, 6.45) is 6.48. The molecule has 0 aliphatic heterocycles. The van der Waals surface area contributed by atoms with Crippen LogP contribution in [0.2, 0.25) is 0 Å². The molecule has 0 unspecified atom stereocenters. The van der Waals surface area contributed by atoms with E-state index in [-0.39, 0.29) is 5.41 Å². The van der Waals surface area contributed by atoms with Crippen molar-refractivity contribution in [2.45, 2.75) is 65.3 Å². The second-order valence-corrected chi connectivity index (χ2v) is 6.37. The molecule has 1 fully saturated rings. The zero-order valence-corrected chi connectivity index (χ0v) is 11.7. The predicted octanol–water partition coefficient (Wildman–Crippen LogP) is 2.54. The van der Waals surface area contributed by atoms with Crippen LogP contribution in [0.3, 0.4) is 0 Å². The van der Waals surface area contributed by atoms with Gasteiger partial charge in [-0.1, -0.05) is 33.6 Å². The summed E-state index contributed by atoms with van der Waals surface area (Å²) in [5.41, 5.74) is 5.86. The van der Waals surface area contributed by atoms with E-state index in [1.54, 1.807) is 0 Å². The summed E-state index contributed by atoms with van der Waals surface area (Å²) in [4.78, 5) is 14.3. The minimum absolute atomic E-state index is 0.236. The molecule has 0 spiro atoms. The van der Waals surface area contributed by atoms with Gasteiger partial charge in [-0.2, -0.15) is 0 Å². The second-order valence-electron chi connectivity index (χ2n) is 6.37. The first-order chi connectivity index (χ1) is 7.94. The first kappa shape index (κ1) is 14.5. The normalized spacial score (nSPS) is 17.4. The Balaban J connectivity index is 2.48. The van der Waals surface area contributed by atoms with Gasteiger partial charge in [0.1, 0.15) is 0 Å². The molecule has 1 saturated carbocycles. The molecule has 3 nitrogen and oxygen atoms in total. The molecule has 0 aromatic heterocycles. The minimum Gasteiger partial charge on any atom is -0.338 e. The first-order valence-corrected chi connectivity index (χ1v) is 6.93. The average Bonchev–Trinajstić information content (AvgIpc) is 2.74. The molecule has 0 radical (unpaired) electrons. The Labute approximate surface area is 106 Å². The maximum absolute atomic E-state index is 12.2. The summed E-state index contributed by atoms with van der Waals surface area (Å²) in [6.45, 7) is 7.86. The fraction of sp³-hybridized carbons (Fsp3) is 0.929. The van der Waals surface area contributed by atoms with Crippen molar-refractivity contribution < 1.29 is 4.79 Å². The Morgan fingerprint density at radius 1 is 1.29 bits per heavy atom. The monoisotopic (exact) mass is 240 g/mol. The van der Waals surface area contributed by atoms with E-state index >= 15 is 0 Å². The molecule has 0 atom stereocenters. The summed E-state index contributed by atoms with van der Waals surface area (Å²) in [5, 5.41) is 0. The molecule has 0 saturated heterocycles. The van der Waals surface area contributed by atoms with E-state index in [4.69, 9.17) is 5.73 Å². The van der Waals surface area contributed by atoms with E-state index in [2.05, 4.69) is 20.8 Å². The highest BCUT2D eigenvalue weighted by molar-refractivity contribution is 5.76. The maximum Gasteiger partial charge on any atom is 0.222 e. The molecule has 0 aromatic carbocycles. The van der Waals surface area contributed by atoms with Crippen LogP contribution in [-0.2, 0) is 4.79 Å². The number of amides is 1. The Kier molecular flexibility index (Phi) is 5.44. The van der Waals surface area contributed by atoms with Gasteiger partial charge in [-0.05, 0) is 24.7 Å². The summed E-state index contributed by atoms with van der Waals surface area (Å²) >= 11 is 0. The van der Waals surface area contributed by atoms with Crippen LogP contribution < -0.4 is 5.73 Å². The van der Waals surface area contributed by atoms with Crippen molar-refractivity contribution in [2.75, 3.05) is 13.1 Å². The first-order valence-electron chi connectivity index (χ1n) is 6.93. The Bertz CT molecular complexity index is 239. The van der Waals surface area contributed by atoms with Crippen LogP contribution in [-0.4, -0.2) is 29.9 Å². The molecule has 0 aromatic rings. The number of rotatable bonds is 5. The number of nitrogens with zero attached hydrogens (tertiary/aromatic N) is 1. The summed E-state index contributed by atoms with van der Waals surface area (Å²) in [5.74, 6) is 0.303. The van der Waals surface area contributed by atoms with E-state index in [1.807, 2.05) is 4.90 Å². The summed E-state index contributed by atoms with van der Waals surface area (Å²) in [6, 6.07) is 0.464. The molecule has 1 aliphatic rings. The van der Waals surface area contributed by atoms with Crippen molar-refractivity contribution >= 4 is 5.91 Å². The van der Waals surface area contributed by atoms with Crippen LogP contribution in [0.4, 0.5) is 0 Å². The van der Waals surface area contributed by atoms with Crippen LogP contribution >= 0.6 is 0 Å². The van der Waals surface area contributed by atoms with Gasteiger partial charge in [0.2, 0.25) is 5.91 Å². The lowest BCUT2D eigenvalue weighted by atomic mass is 9.90. The van der Waals surface area contributed by atoms with Gasteiger partial charge >= 0.3 is 0 Å². The van der Waals surface area contributed by atoms with Crippen molar-refractivity contribution in [3.8, 4) is 0 Å². The molecule has 100 valence electrons. The molecule has 17 heavy (non-hydrogen) atoms. The number of hydrogen-bond acceptors (Lipinski definition) is 2. The molecule has 0 bridgehead atoms. The number of carbonyl (C=O) groups is 1. The van der Waals surface area contributed by atoms with Crippen molar-refractivity contribution in [3.63, 3.8) is 0 Å². The van der Waals surface area contributed by atoms with E-state index in [9.17, 15) is 4.79 Å². The topological polar surface area (TPSA) is 46.3 Å². The van der Waals surface area contributed by atoms with Gasteiger partial charge in [-0.3, -0.25) is 4.79 Å². The number of carbonyl (C=O) groups excluding carboxylic acids is 1. The number of nitrogens with two attached hydrogens (primary N) is 1.